The molecule has 0 radical (unpaired) electrons. The summed E-state index contributed by atoms with van der Waals surface area (Å²) < 4.78 is 52.1. The first-order chi connectivity index (χ1) is 17.0. The number of pyridine rings is 1. The van der Waals surface area contributed by atoms with Gasteiger partial charge in [-0.25, -0.2) is 4.98 Å². The monoisotopic (exact) mass is 541 g/mol. The van der Waals surface area contributed by atoms with Gasteiger partial charge in [-0.15, -0.1) is 0 Å². The summed E-state index contributed by atoms with van der Waals surface area (Å²) in [6.45, 7) is 3.31. The Morgan fingerprint density at radius 2 is 1.72 bits per heavy atom. The maximum atomic E-state index is 13.9. The van der Waals surface area contributed by atoms with Gasteiger partial charge in [0.2, 0.25) is 5.88 Å². The van der Waals surface area contributed by atoms with Crippen LogP contribution >= 0.6 is 23.2 Å². The van der Waals surface area contributed by atoms with Crippen LogP contribution in [0.15, 0.2) is 54.7 Å². The van der Waals surface area contributed by atoms with Crippen LogP contribution in [-0.2, 0) is 15.7 Å². The number of nitrogens with zero attached hydrogens (tertiary/aromatic N) is 3. The highest BCUT2D eigenvalue weighted by atomic mass is 35.5. The minimum Gasteiger partial charge on any atom is -0.465 e. The van der Waals surface area contributed by atoms with Gasteiger partial charge in [0, 0.05) is 31.0 Å². The first-order valence-electron chi connectivity index (χ1n) is 11.0. The summed E-state index contributed by atoms with van der Waals surface area (Å²) in [5.74, 6) is -0.541. The fourth-order valence-electron chi connectivity index (χ4n) is 3.41. The second kappa shape index (κ2) is 11.7. The third-order valence-electron chi connectivity index (χ3n) is 5.24. The van der Waals surface area contributed by atoms with Gasteiger partial charge >= 0.3 is 12.1 Å². The van der Waals surface area contributed by atoms with Gasteiger partial charge in [-0.2, -0.15) is 13.2 Å². The van der Waals surface area contributed by atoms with Gasteiger partial charge in [-0.05, 0) is 56.3 Å². The Balaban J connectivity index is 1.82. The molecule has 0 saturated heterocycles. The molecule has 0 atom stereocenters. The molecule has 0 aliphatic heterocycles. The molecule has 1 aromatic heterocycles. The van der Waals surface area contributed by atoms with E-state index in [0.717, 1.165) is 11.8 Å². The van der Waals surface area contributed by atoms with E-state index in [1.54, 1.807) is 51.2 Å². The van der Waals surface area contributed by atoms with Gasteiger partial charge in [0.1, 0.15) is 12.3 Å². The Morgan fingerprint density at radius 1 is 1.00 bits per heavy atom. The van der Waals surface area contributed by atoms with Crippen LogP contribution in [0.5, 0.6) is 11.6 Å². The molecule has 0 N–H and O–H groups in total. The molecule has 0 unspecified atom stereocenters. The smallest absolute Gasteiger partial charge is 0.418 e. The fraction of sp³-hybridized carbons (Fsp3) is 0.280. The Morgan fingerprint density at radius 3 is 2.31 bits per heavy atom. The maximum absolute atomic E-state index is 13.9. The Labute approximate surface area is 217 Å². The molecule has 3 rings (SSSR count). The lowest BCUT2D eigenvalue weighted by Crippen LogP contribution is -2.32. The van der Waals surface area contributed by atoms with E-state index < -0.39 is 17.7 Å². The number of carbonyl (C=O) groups is 1. The molecular weight excluding hydrogens is 518 g/mol. The van der Waals surface area contributed by atoms with E-state index in [9.17, 15) is 18.0 Å². The number of carbonyl (C=O) groups excluding carboxylic acids is 1. The van der Waals surface area contributed by atoms with E-state index in [2.05, 4.69) is 4.98 Å². The van der Waals surface area contributed by atoms with Crippen molar-refractivity contribution < 1.29 is 27.4 Å². The lowest BCUT2D eigenvalue weighted by Gasteiger charge is -2.26. The minimum absolute atomic E-state index is 0.0450. The molecule has 0 amide bonds. The average molecular weight is 542 g/mol. The van der Waals surface area contributed by atoms with E-state index in [-0.39, 0.29) is 37.0 Å². The number of hydrogen-bond donors (Lipinski definition) is 0. The van der Waals surface area contributed by atoms with Crippen molar-refractivity contribution in [2.75, 3.05) is 36.5 Å². The van der Waals surface area contributed by atoms with Gasteiger partial charge in [-0.1, -0.05) is 23.2 Å². The third kappa shape index (κ3) is 6.73. The van der Waals surface area contributed by atoms with Crippen molar-refractivity contribution in [2.45, 2.75) is 20.0 Å². The number of benzene rings is 2. The van der Waals surface area contributed by atoms with Crippen LogP contribution in [0.25, 0.3) is 0 Å². The molecule has 0 saturated carbocycles. The number of esters is 1. The van der Waals surface area contributed by atoms with Crippen molar-refractivity contribution in [1.29, 1.82) is 0 Å². The van der Waals surface area contributed by atoms with E-state index in [1.165, 1.54) is 23.2 Å². The number of rotatable bonds is 9. The normalized spacial score (nSPS) is 11.2. The molecule has 0 bridgehead atoms. The molecule has 11 heteroatoms. The van der Waals surface area contributed by atoms with Crippen LogP contribution in [0.1, 0.15) is 19.4 Å². The number of hydrogen-bond acceptors (Lipinski definition) is 6. The Bertz CT molecular complexity index is 1210. The van der Waals surface area contributed by atoms with Crippen LogP contribution in [0, 0.1) is 0 Å². The number of alkyl halides is 3. The summed E-state index contributed by atoms with van der Waals surface area (Å²) in [5, 5.41) is 0.838. The lowest BCUT2D eigenvalue weighted by atomic mass is 10.1. The van der Waals surface area contributed by atoms with Crippen molar-refractivity contribution >= 4 is 46.2 Å². The van der Waals surface area contributed by atoms with Gasteiger partial charge in [0.05, 0.1) is 34.1 Å². The molecule has 0 spiro atoms. The predicted molar refractivity (Wildman–Crippen MR) is 135 cm³/mol. The van der Waals surface area contributed by atoms with Crippen LogP contribution in [0.4, 0.5) is 30.2 Å². The zero-order valence-corrected chi connectivity index (χ0v) is 21.3. The summed E-state index contributed by atoms with van der Waals surface area (Å²) in [6, 6.07) is 12.0. The largest absolute Gasteiger partial charge is 0.465 e. The van der Waals surface area contributed by atoms with Crippen molar-refractivity contribution in [3.8, 4) is 11.6 Å². The topological polar surface area (TPSA) is 54.9 Å². The van der Waals surface area contributed by atoms with E-state index in [1.807, 2.05) is 4.90 Å². The molecule has 0 aliphatic rings. The van der Waals surface area contributed by atoms with Gasteiger partial charge in [0.25, 0.3) is 0 Å². The lowest BCUT2D eigenvalue weighted by molar-refractivity contribution is -0.142. The average Bonchev–Trinajstić information content (AvgIpc) is 2.84. The molecule has 6 nitrogen and oxygen atoms in total. The van der Waals surface area contributed by atoms with Crippen molar-refractivity contribution in [2.24, 2.45) is 0 Å². The number of ether oxygens (including phenoxy) is 2. The highest BCUT2D eigenvalue weighted by Crippen LogP contribution is 2.40. The van der Waals surface area contributed by atoms with Crippen LogP contribution < -0.4 is 14.5 Å². The standard InChI is InChI=1S/C25H24Cl2F3N3O3/c1-4-33(15-24(34)35-5-2)22-10-8-18(13-19(22)25(28,29)30)36-23-11-7-17(14-31-23)32(3)16-6-9-20(26)21(27)12-16/h6-14H,4-5,15H2,1-3H3. The van der Waals surface area contributed by atoms with Crippen LogP contribution in [-0.4, -0.2) is 37.7 Å². The Hall–Kier alpha value is -3.17. The molecule has 36 heavy (non-hydrogen) atoms. The van der Waals surface area contributed by atoms with E-state index in [4.69, 9.17) is 32.7 Å². The highest BCUT2D eigenvalue weighted by molar-refractivity contribution is 6.42. The number of aromatic nitrogens is 1. The summed E-state index contributed by atoms with van der Waals surface area (Å²) >= 11 is 12.0. The van der Waals surface area contributed by atoms with Crippen molar-refractivity contribution in [3.63, 3.8) is 0 Å². The number of halogens is 5. The first kappa shape index (κ1) is 27.4. The van der Waals surface area contributed by atoms with Crippen molar-refractivity contribution in [3.05, 3.63) is 70.3 Å². The van der Waals surface area contributed by atoms with E-state index >= 15 is 0 Å². The summed E-state index contributed by atoms with van der Waals surface area (Å²) in [4.78, 5) is 19.2. The quantitative estimate of drug-likeness (QED) is 0.264. The summed E-state index contributed by atoms with van der Waals surface area (Å²) in [7, 11) is 1.81. The zero-order chi connectivity index (χ0) is 26.5. The second-order valence-electron chi connectivity index (χ2n) is 7.61. The van der Waals surface area contributed by atoms with Gasteiger partial charge < -0.3 is 19.3 Å². The fourth-order valence-corrected chi connectivity index (χ4v) is 3.70. The number of likely N-dealkylation sites (N-methyl/N-ethyl adjacent to an activating group) is 1. The molecule has 0 fully saturated rings. The first-order valence-corrected chi connectivity index (χ1v) is 11.7. The Kier molecular flexibility index (Phi) is 8.92. The van der Waals surface area contributed by atoms with E-state index in [0.29, 0.717) is 15.7 Å². The summed E-state index contributed by atoms with van der Waals surface area (Å²) in [5.41, 5.74) is 0.400. The van der Waals surface area contributed by atoms with Crippen LogP contribution in [0.2, 0.25) is 10.0 Å². The molecule has 0 aliphatic carbocycles. The van der Waals surface area contributed by atoms with Crippen molar-refractivity contribution in [1.82, 2.24) is 4.98 Å². The van der Waals surface area contributed by atoms with Gasteiger partial charge in [0.15, 0.2) is 0 Å². The minimum atomic E-state index is -4.67. The highest BCUT2D eigenvalue weighted by Gasteiger charge is 2.36. The second-order valence-corrected chi connectivity index (χ2v) is 8.42. The third-order valence-corrected chi connectivity index (χ3v) is 5.98. The van der Waals surface area contributed by atoms with Crippen LogP contribution in [0.3, 0.4) is 0 Å². The maximum Gasteiger partial charge on any atom is 0.418 e. The summed E-state index contributed by atoms with van der Waals surface area (Å²) in [6.07, 6.45) is -3.15. The molecule has 192 valence electrons. The van der Waals surface area contributed by atoms with Gasteiger partial charge in [-0.3, -0.25) is 4.79 Å². The SMILES string of the molecule is CCOC(=O)CN(CC)c1ccc(Oc2ccc(N(C)c3ccc(Cl)c(Cl)c3)cn2)cc1C(F)(F)F. The predicted octanol–water partition coefficient (Wildman–Crippen LogP) is 7.36. The number of anilines is 3. The molecule has 3 aromatic rings. The molecule has 1 heterocycles. The molecule has 2 aromatic carbocycles. The molecular formula is C25H24Cl2F3N3O3. The zero-order valence-electron chi connectivity index (χ0n) is 19.8.